The van der Waals surface area contributed by atoms with E-state index in [0.29, 0.717) is 13.0 Å². The maximum atomic E-state index is 12.4. The molecule has 1 saturated heterocycles. The molecule has 5 nitrogen and oxygen atoms in total. The summed E-state index contributed by atoms with van der Waals surface area (Å²) in [6.07, 6.45) is 6.61. The van der Waals surface area contributed by atoms with Crippen LogP contribution in [0.2, 0.25) is 0 Å². The molecule has 4 rings (SSSR count). The van der Waals surface area contributed by atoms with Crippen molar-refractivity contribution >= 4 is 28.2 Å². The molecule has 1 aliphatic heterocycles. The number of H-pyrrole nitrogens is 1. The van der Waals surface area contributed by atoms with Crippen molar-refractivity contribution in [3.05, 3.63) is 59.8 Å². The number of nitrogens with two attached hydrogens (primary N) is 1. The van der Waals surface area contributed by atoms with Gasteiger partial charge in [-0.2, -0.15) is 0 Å². The molecule has 0 bridgehead atoms. The number of aryl methyl sites for hydroxylation is 1. The van der Waals surface area contributed by atoms with Crippen molar-refractivity contribution in [3.63, 3.8) is 0 Å². The van der Waals surface area contributed by atoms with Crippen LogP contribution in [0, 0.1) is 0 Å². The van der Waals surface area contributed by atoms with E-state index in [1.165, 1.54) is 35.0 Å². The molecule has 2 aromatic carbocycles. The number of rotatable bonds is 7. The van der Waals surface area contributed by atoms with E-state index >= 15 is 0 Å². The summed E-state index contributed by atoms with van der Waals surface area (Å²) in [7, 11) is 0. The number of nitrogens with zero attached hydrogens (tertiary/aromatic N) is 1. The Hall–Kier alpha value is -2.79. The first-order valence-corrected chi connectivity index (χ1v) is 10.2. The fraction of sp³-hybridized carbons (Fsp3) is 0.348. The monoisotopic (exact) mass is 376 g/mol. The lowest BCUT2D eigenvalue weighted by atomic mass is 10.0. The van der Waals surface area contributed by atoms with Crippen molar-refractivity contribution in [1.29, 1.82) is 0 Å². The van der Waals surface area contributed by atoms with Gasteiger partial charge in [-0.25, -0.2) is 0 Å². The number of hydrogen-bond donors (Lipinski definition) is 3. The zero-order valence-electron chi connectivity index (χ0n) is 16.2. The molecule has 0 unspecified atom stereocenters. The van der Waals surface area contributed by atoms with Gasteiger partial charge in [-0.05, 0) is 79.8 Å². The topological polar surface area (TPSA) is 74.1 Å². The summed E-state index contributed by atoms with van der Waals surface area (Å²) < 4.78 is 0. The summed E-state index contributed by atoms with van der Waals surface area (Å²) in [5, 5.41) is 4.22. The van der Waals surface area contributed by atoms with Crippen LogP contribution in [-0.2, 0) is 17.6 Å². The Balaban J connectivity index is 1.34. The van der Waals surface area contributed by atoms with Gasteiger partial charge in [0.2, 0.25) is 5.91 Å². The molecule has 2 heterocycles. The van der Waals surface area contributed by atoms with Crippen LogP contribution in [0.4, 0.5) is 11.4 Å². The fourth-order valence-electron chi connectivity index (χ4n) is 3.96. The lowest BCUT2D eigenvalue weighted by molar-refractivity contribution is -0.116. The van der Waals surface area contributed by atoms with Crippen LogP contribution < -0.4 is 16.0 Å². The van der Waals surface area contributed by atoms with Gasteiger partial charge in [0.05, 0.1) is 0 Å². The van der Waals surface area contributed by atoms with E-state index in [1.54, 1.807) is 0 Å². The number of fused-ring (bicyclic) bond motifs is 1. The molecule has 1 fully saturated rings. The van der Waals surface area contributed by atoms with Gasteiger partial charge < -0.3 is 20.9 Å². The predicted octanol–water partition coefficient (Wildman–Crippen LogP) is 3.84. The lowest BCUT2D eigenvalue weighted by Gasteiger charge is -2.17. The molecule has 1 aliphatic rings. The van der Waals surface area contributed by atoms with Crippen molar-refractivity contribution in [2.75, 3.05) is 29.9 Å². The normalized spacial score (nSPS) is 14.0. The Kier molecular flexibility index (Phi) is 5.63. The first-order valence-electron chi connectivity index (χ1n) is 10.2. The second kappa shape index (κ2) is 8.48. The molecule has 0 atom stereocenters. The maximum absolute atomic E-state index is 12.4. The Morgan fingerprint density at radius 2 is 1.86 bits per heavy atom. The van der Waals surface area contributed by atoms with Crippen molar-refractivity contribution in [1.82, 2.24) is 4.98 Å². The standard InChI is InChI=1S/C23H28N4O/c24-12-11-18-16-25-22-9-3-17(15-21(18)22)4-10-23(28)26-19-5-7-20(8-6-19)27-13-1-2-14-27/h3,5-9,15-16,25H,1-2,4,10-14,24H2,(H,26,28). The molecule has 0 radical (unpaired) electrons. The summed E-state index contributed by atoms with van der Waals surface area (Å²) in [4.78, 5) is 18.0. The lowest BCUT2D eigenvalue weighted by Crippen LogP contribution is -2.17. The largest absolute Gasteiger partial charge is 0.372 e. The molecular weight excluding hydrogens is 348 g/mol. The minimum absolute atomic E-state index is 0.0465. The highest BCUT2D eigenvalue weighted by atomic mass is 16.1. The average molecular weight is 377 g/mol. The van der Waals surface area contributed by atoms with Gasteiger partial charge in [0, 0.05) is 48.0 Å². The molecule has 5 heteroatoms. The summed E-state index contributed by atoms with van der Waals surface area (Å²) in [6, 6.07) is 14.5. The van der Waals surface area contributed by atoms with E-state index in [9.17, 15) is 4.79 Å². The van der Waals surface area contributed by atoms with Gasteiger partial charge in [0.1, 0.15) is 0 Å². The number of aromatic nitrogens is 1. The van der Waals surface area contributed by atoms with Crippen molar-refractivity contribution in [3.8, 4) is 0 Å². The summed E-state index contributed by atoms with van der Waals surface area (Å²) in [5.74, 6) is 0.0465. The zero-order chi connectivity index (χ0) is 19.3. The molecule has 1 amide bonds. The summed E-state index contributed by atoms with van der Waals surface area (Å²) in [5.41, 5.74) is 11.3. The van der Waals surface area contributed by atoms with Gasteiger partial charge in [-0.15, -0.1) is 0 Å². The van der Waals surface area contributed by atoms with Crippen LogP contribution >= 0.6 is 0 Å². The molecule has 0 aliphatic carbocycles. The molecule has 4 N–H and O–H groups in total. The quantitative estimate of drug-likeness (QED) is 0.586. The third kappa shape index (κ3) is 4.20. The second-order valence-electron chi connectivity index (χ2n) is 7.52. The highest BCUT2D eigenvalue weighted by molar-refractivity contribution is 5.91. The van der Waals surface area contributed by atoms with Gasteiger partial charge >= 0.3 is 0 Å². The van der Waals surface area contributed by atoms with Crippen LogP contribution in [0.25, 0.3) is 10.9 Å². The number of carbonyl (C=O) groups is 1. The molecule has 146 valence electrons. The molecule has 0 saturated carbocycles. The van der Waals surface area contributed by atoms with Crippen molar-refractivity contribution in [2.45, 2.75) is 32.1 Å². The van der Waals surface area contributed by atoms with Crippen molar-refractivity contribution in [2.24, 2.45) is 5.73 Å². The highest BCUT2D eigenvalue weighted by Crippen LogP contribution is 2.23. The third-order valence-electron chi connectivity index (χ3n) is 5.51. The average Bonchev–Trinajstić information content (AvgIpc) is 3.38. The van der Waals surface area contributed by atoms with Crippen LogP contribution in [0.3, 0.4) is 0 Å². The SMILES string of the molecule is NCCc1c[nH]c2ccc(CCC(=O)Nc3ccc(N4CCCC4)cc3)cc12. The second-order valence-corrected chi connectivity index (χ2v) is 7.52. The van der Waals surface area contributed by atoms with E-state index in [2.05, 4.69) is 45.5 Å². The Morgan fingerprint density at radius 1 is 1.07 bits per heavy atom. The zero-order valence-corrected chi connectivity index (χ0v) is 16.2. The van der Waals surface area contributed by atoms with E-state index in [0.717, 1.165) is 37.1 Å². The fourth-order valence-corrected chi connectivity index (χ4v) is 3.96. The predicted molar refractivity (Wildman–Crippen MR) is 116 cm³/mol. The number of nitrogens with one attached hydrogen (secondary N) is 2. The third-order valence-corrected chi connectivity index (χ3v) is 5.51. The number of amides is 1. The van der Waals surface area contributed by atoms with E-state index in [1.807, 2.05) is 18.3 Å². The summed E-state index contributed by atoms with van der Waals surface area (Å²) >= 11 is 0. The number of benzene rings is 2. The van der Waals surface area contributed by atoms with Crippen LogP contribution in [0.5, 0.6) is 0 Å². The molecule has 0 spiro atoms. The number of carbonyl (C=O) groups excluding carboxylic acids is 1. The van der Waals surface area contributed by atoms with Gasteiger partial charge in [-0.1, -0.05) is 6.07 Å². The maximum Gasteiger partial charge on any atom is 0.224 e. The van der Waals surface area contributed by atoms with Gasteiger partial charge in [-0.3, -0.25) is 4.79 Å². The van der Waals surface area contributed by atoms with E-state index < -0.39 is 0 Å². The molecule has 28 heavy (non-hydrogen) atoms. The Labute approximate surface area is 165 Å². The van der Waals surface area contributed by atoms with Crippen LogP contribution in [0.15, 0.2) is 48.7 Å². The van der Waals surface area contributed by atoms with Crippen LogP contribution in [0.1, 0.15) is 30.4 Å². The number of aromatic amines is 1. The minimum Gasteiger partial charge on any atom is -0.372 e. The number of hydrogen-bond acceptors (Lipinski definition) is 3. The minimum atomic E-state index is 0.0465. The van der Waals surface area contributed by atoms with Gasteiger partial charge in [0.15, 0.2) is 0 Å². The Morgan fingerprint density at radius 3 is 2.61 bits per heavy atom. The van der Waals surface area contributed by atoms with Crippen molar-refractivity contribution < 1.29 is 4.79 Å². The van der Waals surface area contributed by atoms with Gasteiger partial charge in [0.25, 0.3) is 0 Å². The Bertz CT molecular complexity index is 939. The summed E-state index contributed by atoms with van der Waals surface area (Å²) in [6.45, 7) is 2.89. The van der Waals surface area contributed by atoms with E-state index in [-0.39, 0.29) is 5.91 Å². The molecular formula is C23H28N4O. The van der Waals surface area contributed by atoms with E-state index in [4.69, 9.17) is 5.73 Å². The smallest absolute Gasteiger partial charge is 0.224 e. The molecule has 1 aromatic heterocycles. The first-order chi connectivity index (χ1) is 13.7. The number of anilines is 2. The first kappa shape index (κ1) is 18.6. The van der Waals surface area contributed by atoms with Crippen LogP contribution in [-0.4, -0.2) is 30.5 Å². The highest BCUT2D eigenvalue weighted by Gasteiger charge is 2.12. The molecule has 3 aromatic rings.